The van der Waals surface area contributed by atoms with Gasteiger partial charge in [0.05, 0.1) is 23.8 Å². The number of nitrogen functional groups attached to an aromatic ring is 1. The molecule has 0 atom stereocenters. The molecule has 0 aliphatic carbocycles. The lowest BCUT2D eigenvalue weighted by atomic mass is 10.1. The Morgan fingerprint density at radius 1 is 1.41 bits per heavy atom. The monoisotopic (exact) mass is 227 g/mol. The minimum absolute atomic E-state index is 0.580. The molecule has 0 saturated heterocycles. The normalized spacial score (nSPS) is 9.88. The smallest absolute Gasteiger partial charge is 0.101 e. The van der Waals surface area contributed by atoms with Crippen molar-refractivity contribution in [1.29, 1.82) is 5.26 Å². The van der Waals surface area contributed by atoms with Gasteiger partial charge >= 0.3 is 0 Å². The van der Waals surface area contributed by atoms with E-state index in [1.54, 1.807) is 24.7 Å². The number of anilines is 2. The fourth-order valence-corrected chi connectivity index (χ4v) is 1.72. The molecule has 1 heterocycles. The van der Waals surface area contributed by atoms with Gasteiger partial charge in [-0.2, -0.15) is 5.26 Å². The van der Waals surface area contributed by atoms with Gasteiger partial charge < -0.3 is 15.1 Å². The molecule has 86 valence electrons. The van der Waals surface area contributed by atoms with Crippen molar-refractivity contribution in [3.8, 4) is 6.07 Å². The van der Waals surface area contributed by atoms with Gasteiger partial charge in [-0.3, -0.25) is 0 Å². The zero-order valence-corrected chi connectivity index (χ0v) is 9.55. The fraction of sp³-hybridized carbons (Fsp3) is 0.154. The Labute approximate surface area is 99.9 Å². The molecule has 4 nitrogen and oxygen atoms in total. The van der Waals surface area contributed by atoms with Crippen LogP contribution in [0.5, 0.6) is 0 Å². The number of hydrogen-bond donors (Lipinski definition) is 1. The number of rotatable bonds is 3. The van der Waals surface area contributed by atoms with E-state index in [0.717, 1.165) is 11.3 Å². The van der Waals surface area contributed by atoms with E-state index in [4.69, 9.17) is 15.4 Å². The highest BCUT2D eigenvalue weighted by Gasteiger charge is 2.08. The molecule has 2 rings (SSSR count). The molecule has 0 unspecified atom stereocenters. The number of furan rings is 1. The number of nitrogens with zero attached hydrogens (tertiary/aromatic N) is 2. The lowest BCUT2D eigenvalue weighted by molar-refractivity contribution is 0.563. The summed E-state index contributed by atoms with van der Waals surface area (Å²) in [5.41, 5.74) is 8.76. The Morgan fingerprint density at radius 3 is 2.88 bits per heavy atom. The molecule has 4 heteroatoms. The van der Waals surface area contributed by atoms with E-state index in [1.807, 2.05) is 24.1 Å². The summed E-state index contributed by atoms with van der Waals surface area (Å²) in [4.78, 5) is 1.99. The van der Waals surface area contributed by atoms with Crippen molar-refractivity contribution in [2.24, 2.45) is 0 Å². The number of benzene rings is 1. The van der Waals surface area contributed by atoms with Gasteiger partial charge in [0, 0.05) is 24.8 Å². The lowest BCUT2D eigenvalue weighted by Crippen LogP contribution is -2.17. The zero-order chi connectivity index (χ0) is 12.3. The molecule has 0 amide bonds. The van der Waals surface area contributed by atoms with E-state index in [9.17, 15) is 0 Å². The van der Waals surface area contributed by atoms with E-state index >= 15 is 0 Å². The molecular weight excluding hydrogens is 214 g/mol. The summed E-state index contributed by atoms with van der Waals surface area (Å²) in [6.07, 6.45) is 3.33. The van der Waals surface area contributed by atoms with Crippen LogP contribution >= 0.6 is 0 Å². The average Bonchev–Trinajstić information content (AvgIpc) is 2.81. The highest BCUT2D eigenvalue weighted by Crippen LogP contribution is 2.22. The summed E-state index contributed by atoms with van der Waals surface area (Å²) in [6.45, 7) is 0.690. The summed E-state index contributed by atoms with van der Waals surface area (Å²) in [6, 6.07) is 9.39. The fourth-order valence-electron chi connectivity index (χ4n) is 1.72. The first-order chi connectivity index (χ1) is 8.20. The van der Waals surface area contributed by atoms with Crippen LogP contribution in [-0.2, 0) is 6.54 Å². The first kappa shape index (κ1) is 11.1. The highest BCUT2D eigenvalue weighted by atomic mass is 16.3. The maximum absolute atomic E-state index is 9.07. The average molecular weight is 227 g/mol. The lowest BCUT2D eigenvalue weighted by Gasteiger charge is -2.19. The highest BCUT2D eigenvalue weighted by molar-refractivity contribution is 5.64. The van der Waals surface area contributed by atoms with Crippen LogP contribution in [0.25, 0.3) is 0 Å². The second-order valence-corrected chi connectivity index (χ2v) is 3.88. The third kappa shape index (κ3) is 2.40. The zero-order valence-electron chi connectivity index (χ0n) is 9.55. The third-order valence-corrected chi connectivity index (χ3v) is 2.55. The van der Waals surface area contributed by atoms with Crippen molar-refractivity contribution in [2.45, 2.75) is 6.54 Å². The summed E-state index contributed by atoms with van der Waals surface area (Å²) in [5.74, 6) is 0. The maximum atomic E-state index is 9.07. The predicted octanol–water partition coefficient (Wildman–Crippen LogP) is 2.37. The van der Waals surface area contributed by atoms with Crippen LogP contribution in [0, 0.1) is 11.3 Å². The number of nitrogens with two attached hydrogens (primary N) is 1. The first-order valence-electron chi connectivity index (χ1n) is 5.22. The Kier molecular flexibility index (Phi) is 3.01. The quantitative estimate of drug-likeness (QED) is 0.817. The predicted molar refractivity (Wildman–Crippen MR) is 66.4 cm³/mol. The Hall–Kier alpha value is -2.41. The molecule has 0 aliphatic rings. The molecule has 1 aromatic heterocycles. The van der Waals surface area contributed by atoms with E-state index in [1.165, 1.54) is 0 Å². The molecule has 0 spiro atoms. The molecule has 0 radical (unpaired) electrons. The van der Waals surface area contributed by atoms with Gasteiger partial charge in [-0.1, -0.05) is 0 Å². The molecular formula is C13H13N3O. The van der Waals surface area contributed by atoms with Crippen molar-refractivity contribution in [2.75, 3.05) is 17.7 Å². The van der Waals surface area contributed by atoms with Gasteiger partial charge in [-0.15, -0.1) is 0 Å². The van der Waals surface area contributed by atoms with Gasteiger partial charge in [0.25, 0.3) is 0 Å². The van der Waals surface area contributed by atoms with Crippen LogP contribution in [-0.4, -0.2) is 7.05 Å². The minimum Gasteiger partial charge on any atom is -0.472 e. The van der Waals surface area contributed by atoms with Crippen molar-refractivity contribution in [1.82, 2.24) is 0 Å². The Balaban J connectivity index is 2.25. The molecule has 0 fully saturated rings. The summed E-state index contributed by atoms with van der Waals surface area (Å²) in [5, 5.41) is 9.07. The second-order valence-electron chi connectivity index (χ2n) is 3.88. The standard InChI is InChI=1S/C13H13N3O/c1-16(8-10-4-5-17-9-10)13-3-2-12(15)6-11(13)7-14/h2-6,9H,8,15H2,1H3. The van der Waals surface area contributed by atoms with Gasteiger partial charge in [0.15, 0.2) is 0 Å². The Morgan fingerprint density at radius 2 is 2.24 bits per heavy atom. The van der Waals surface area contributed by atoms with E-state index < -0.39 is 0 Å². The van der Waals surface area contributed by atoms with Crippen LogP contribution in [0.15, 0.2) is 41.2 Å². The summed E-state index contributed by atoms with van der Waals surface area (Å²) in [7, 11) is 1.93. The van der Waals surface area contributed by atoms with Crippen LogP contribution in [0.3, 0.4) is 0 Å². The van der Waals surface area contributed by atoms with Crippen molar-refractivity contribution in [3.63, 3.8) is 0 Å². The van der Waals surface area contributed by atoms with E-state index in [-0.39, 0.29) is 0 Å². The molecule has 2 N–H and O–H groups in total. The van der Waals surface area contributed by atoms with Gasteiger partial charge in [-0.05, 0) is 24.3 Å². The minimum atomic E-state index is 0.580. The SMILES string of the molecule is CN(Cc1ccoc1)c1ccc(N)cc1C#N. The molecule has 0 saturated carbocycles. The van der Waals surface area contributed by atoms with E-state index in [0.29, 0.717) is 17.8 Å². The topological polar surface area (TPSA) is 66.2 Å². The first-order valence-corrected chi connectivity index (χ1v) is 5.22. The van der Waals surface area contributed by atoms with Crippen molar-refractivity contribution < 1.29 is 4.42 Å². The molecule has 0 aliphatic heterocycles. The van der Waals surface area contributed by atoms with Crippen LogP contribution in [0.2, 0.25) is 0 Å². The van der Waals surface area contributed by atoms with Crippen LogP contribution in [0.1, 0.15) is 11.1 Å². The van der Waals surface area contributed by atoms with Crippen molar-refractivity contribution in [3.05, 3.63) is 47.9 Å². The number of nitriles is 1. The van der Waals surface area contributed by atoms with Crippen molar-refractivity contribution >= 4 is 11.4 Å². The van der Waals surface area contributed by atoms with Crippen LogP contribution < -0.4 is 10.6 Å². The van der Waals surface area contributed by atoms with Gasteiger partial charge in [0.2, 0.25) is 0 Å². The molecule has 0 bridgehead atoms. The van der Waals surface area contributed by atoms with Gasteiger partial charge in [0.1, 0.15) is 6.07 Å². The molecule has 1 aromatic carbocycles. The molecule has 2 aromatic rings. The van der Waals surface area contributed by atoms with Gasteiger partial charge in [-0.25, -0.2) is 0 Å². The largest absolute Gasteiger partial charge is 0.472 e. The summed E-state index contributed by atoms with van der Waals surface area (Å²) < 4.78 is 5.02. The van der Waals surface area contributed by atoms with E-state index in [2.05, 4.69) is 6.07 Å². The van der Waals surface area contributed by atoms with Crippen LogP contribution in [0.4, 0.5) is 11.4 Å². The maximum Gasteiger partial charge on any atom is 0.101 e. The number of hydrogen-bond acceptors (Lipinski definition) is 4. The summed E-state index contributed by atoms with van der Waals surface area (Å²) >= 11 is 0. The third-order valence-electron chi connectivity index (χ3n) is 2.55. The molecule has 17 heavy (non-hydrogen) atoms. The second kappa shape index (κ2) is 4.62. The Bertz CT molecular complexity index is 540.